The Hall–Kier alpha value is -1.55. The zero-order chi connectivity index (χ0) is 14.7. The van der Waals surface area contributed by atoms with Crippen molar-refractivity contribution >= 4 is 17.3 Å². The van der Waals surface area contributed by atoms with E-state index < -0.39 is 0 Å². The van der Waals surface area contributed by atoms with Crippen molar-refractivity contribution < 1.29 is 4.79 Å². The fourth-order valence-electron chi connectivity index (χ4n) is 2.68. The molecule has 0 saturated carbocycles. The SMILES string of the molecule is Cc1ccc(NC(=O)CN2CCC(C)C(C)C2)c(N)c1. The number of carbonyl (C=O) groups is 1. The quantitative estimate of drug-likeness (QED) is 0.833. The molecule has 4 heteroatoms. The number of aryl methyl sites for hydroxylation is 1. The van der Waals surface area contributed by atoms with Gasteiger partial charge in [0.15, 0.2) is 0 Å². The molecule has 1 aromatic rings. The van der Waals surface area contributed by atoms with E-state index in [0.29, 0.717) is 23.8 Å². The average molecular weight is 275 g/mol. The number of nitrogens with zero attached hydrogens (tertiary/aromatic N) is 1. The van der Waals surface area contributed by atoms with Gasteiger partial charge < -0.3 is 11.1 Å². The fourth-order valence-corrected chi connectivity index (χ4v) is 2.68. The largest absolute Gasteiger partial charge is 0.397 e. The summed E-state index contributed by atoms with van der Waals surface area (Å²) in [5, 5.41) is 2.91. The number of hydrogen-bond donors (Lipinski definition) is 2. The molecule has 1 amide bonds. The maximum Gasteiger partial charge on any atom is 0.238 e. The normalized spacial score (nSPS) is 23.6. The lowest BCUT2D eigenvalue weighted by molar-refractivity contribution is -0.117. The molecule has 0 aliphatic carbocycles. The van der Waals surface area contributed by atoms with Crippen LogP contribution >= 0.6 is 0 Å². The van der Waals surface area contributed by atoms with Crippen LogP contribution in [0, 0.1) is 18.8 Å². The number of rotatable bonds is 3. The van der Waals surface area contributed by atoms with Gasteiger partial charge in [-0.25, -0.2) is 0 Å². The second kappa shape index (κ2) is 6.27. The van der Waals surface area contributed by atoms with Gasteiger partial charge in [0.25, 0.3) is 0 Å². The van der Waals surface area contributed by atoms with Gasteiger partial charge in [0, 0.05) is 6.54 Å². The zero-order valence-electron chi connectivity index (χ0n) is 12.6. The van der Waals surface area contributed by atoms with E-state index in [4.69, 9.17) is 5.73 Å². The molecule has 3 N–H and O–H groups in total. The van der Waals surface area contributed by atoms with Gasteiger partial charge in [-0.15, -0.1) is 0 Å². The second-order valence-electron chi connectivity index (χ2n) is 6.12. The topological polar surface area (TPSA) is 58.4 Å². The Labute approximate surface area is 121 Å². The van der Waals surface area contributed by atoms with Crippen LogP contribution in [0.5, 0.6) is 0 Å². The molecule has 0 radical (unpaired) electrons. The van der Waals surface area contributed by atoms with Crippen LogP contribution in [0.25, 0.3) is 0 Å². The molecule has 20 heavy (non-hydrogen) atoms. The van der Waals surface area contributed by atoms with Crippen LogP contribution < -0.4 is 11.1 Å². The van der Waals surface area contributed by atoms with Crippen LogP contribution in [0.2, 0.25) is 0 Å². The third-order valence-electron chi connectivity index (χ3n) is 4.27. The van der Waals surface area contributed by atoms with E-state index >= 15 is 0 Å². The van der Waals surface area contributed by atoms with Gasteiger partial charge in [-0.2, -0.15) is 0 Å². The maximum atomic E-state index is 12.1. The number of likely N-dealkylation sites (tertiary alicyclic amines) is 1. The Morgan fingerprint density at radius 1 is 1.40 bits per heavy atom. The lowest BCUT2D eigenvalue weighted by Gasteiger charge is -2.34. The molecular weight excluding hydrogens is 250 g/mol. The van der Waals surface area contributed by atoms with Crippen molar-refractivity contribution in [2.24, 2.45) is 11.8 Å². The van der Waals surface area contributed by atoms with Crippen LogP contribution in [0.4, 0.5) is 11.4 Å². The van der Waals surface area contributed by atoms with Crippen LogP contribution in [0.3, 0.4) is 0 Å². The van der Waals surface area contributed by atoms with E-state index in [9.17, 15) is 4.79 Å². The zero-order valence-corrected chi connectivity index (χ0v) is 12.6. The molecule has 0 aromatic heterocycles. The van der Waals surface area contributed by atoms with Crippen molar-refractivity contribution in [2.75, 3.05) is 30.7 Å². The van der Waals surface area contributed by atoms with E-state index in [-0.39, 0.29) is 5.91 Å². The number of piperidine rings is 1. The molecule has 1 aliphatic heterocycles. The van der Waals surface area contributed by atoms with Gasteiger partial charge in [0.1, 0.15) is 0 Å². The summed E-state index contributed by atoms with van der Waals surface area (Å²) >= 11 is 0. The molecular formula is C16H25N3O. The van der Waals surface area contributed by atoms with Crippen molar-refractivity contribution in [1.82, 2.24) is 4.90 Å². The lowest BCUT2D eigenvalue weighted by Crippen LogP contribution is -2.42. The number of amides is 1. The molecule has 1 aromatic carbocycles. The average Bonchev–Trinajstić information content (AvgIpc) is 2.37. The molecule has 2 atom stereocenters. The molecule has 1 heterocycles. The van der Waals surface area contributed by atoms with Crippen LogP contribution in [0.15, 0.2) is 18.2 Å². The van der Waals surface area contributed by atoms with E-state index in [1.807, 2.05) is 25.1 Å². The molecule has 1 aliphatic rings. The Kier molecular flexibility index (Phi) is 4.65. The van der Waals surface area contributed by atoms with E-state index in [1.54, 1.807) is 0 Å². The summed E-state index contributed by atoms with van der Waals surface area (Å²) in [5.41, 5.74) is 8.34. The number of anilines is 2. The molecule has 1 fully saturated rings. The van der Waals surface area contributed by atoms with Crippen molar-refractivity contribution in [1.29, 1.82) is 0 Å². The standard InChI is InChI=1S/C16H25N3O/c1-11-4-5-15(14(17)8-11)18-16(20)10-19-7-6-12(2)13(3)9-19/h4-5,8,12-13H,6-7,9-10,17H2,1-3H3,(H,18,20). The summed E-state index contributed by atoms with van der Waals surface area (Å²) < 4.78 is 0. The first kappa shape index (κ1) is 14.9. The van der Waals surface area contributed by atoms with E-state index in [1.165, 1.54) is 6.42 Å². The third-order valence-corrected chi connectivity index (χ3v) is 4.27. The first-order chi connectivity index (χ1) is 9.45. The minimum atomic E-state index is 0.0160. The minimum absolute atomic E-state index is 0.0160. The summed E-state index contributed by atoms with van der Waals surface area (Å²) in [4.78, 5) is 14.3. The maximum absolute atomic E-state index is 12.1. The van der Waals surface area contributed by atoms with E-state index in [2.05, 4.69) is 24.1 Å². The predicted molar refractivity (Wildman–Crippen MR) is 83.6 cm³/mol. The van der Waals surface area contributed by atoms with Gasteiger partial charge in [-0.3, -0.25) is 9.69 Å². The fraction of sp³-hybridized carbons (Fsp3) is 0.562. The first-order valence-electron chi connectivity index (χ1n) is 7.34. The lowest BCUT2D eigenvalue weighted by atomic mass is 9.89. The molecule has 2 rings (SSSR count). The number of carbonyl (C=O) groups excluding carboxylic acids is 1. The van der Waals surface area contributed by atoms with Crippen molar-refractivity contribution in [3.63, 3.8) is 0 Å². The van der Waals surface area contributed by atoms with E-state index in [0.717, 1.165) is 24.6 Å². The van der Waals surface area contributed by atoms with Crippen molar-refractivity contribution in [3.05, 3.63) is 23.8 Å². The highest BCUT2D eigenvalue weighted by molar-refractivity contribution is 5.95. The van der Waals surface area contributed by atoms with Crippen LogP contribution in [-0.4, -0.2) is 30.4 Å². The number of nitrogens with two attached hydrogens (primary N) is 1. The molecule has 2 unspecified atom stereocenters. The summed E-state index contributed by atoms with van der Waals surface area (Å²) in [5.74, 6) is 1.42. The Morgan fingerprint density at radius 2 is 2.15 bits per heavy atom. The summed E-state index contributed by atoms with van der Waals surface area (Å²) in [7, 11) is 0. The van der Waals surface area contributed by atoms with Gasteiger partial charge in [0.05, 0.1) is 17.9 Å². The van der Waals surface area contributed by atoms with Crippen molar-refractivity contribution in [3.8, 4) is 0 Å². The Morgan fingerprint density at radius 3 is 2.80 bits per heavy atom. The van der Waals surface area contributed by atoms with Crippen molar-refractivity contribution in [2.45, 2.75) is 27.2 Å². The molecule has 4 nitrogen and oxygen atoms in total. The predicted octanol–water partition coefficient (Wildman–Crippen LogP) is 2.49. The monoisotopic (exact) mass is 275 g/mol. The highest BCUT2D eigenvalue weighted by Gasteiger charge is 2.23. The van der Waals surface area contributed by atoms with Crippen LogP contribution in [0.1, 0.15) is 25.8 Å². The third kappa shape index (κ3) is 3.73. The Bertz CT molecular complexity index is 487. The number of nitrogens with one attached hydrogen (secondary N) is 1. The van der Waals surface area contributed by atoms with Gasteiger partial charge >= 0.3 is 0 Å². The molecule has 0 bridgehead atoms. The number of nitrogen functional groups attached to an aromatic ring is 1. The van der Waals surface area contributed by atoms with Gasteiger partial charge in [-0.1, -0.05) is 19.9 Å². The summed E-state index contributed by atoms with van der Waals surface area (Å²) in [6, 6.07) is 5.69. The second-order valence-corrected chi connectivity index (χ2v) is 6.12. The first-order valence-corrected chi connectivity index (χ1v) is 7.34. The van der Waals surface area contributed by atoms with Crippen LogP contribution in [-0.2, 0) is 4.79 Å². The highest BCUT2D eigenvalue weighted by Crippen LogP contribution is 2.23. The molecule has 110 valence electrons. The minimum Gasteiger partial charge on any atom is -0.397 e. The Balaban J connectivity index is 1.89. The summed E-state index contributed by atoms with van der Waals surface area (Å²) in [6.45, 7) is 8.98. The highest BCUT2D eigenvalue weighted by atomic mass is 16.2. The summed E-state index contributed by atoms with van der Waals surface area (Å²) in [6.07, 6.45) is 1.17. The molecule has 0 spiro atoms. The number of benzene rings is 1. The smallest absolute Gasteiger partial charge is 0.238 e. The number of hydrogen-bond acceptors (Lipinski definition) is 3. The van der Waals surface area contributed by atoms with Gasteiger partial charge in [-0.05, 0) is 49.4 Å². The van der Waals surface area contributed by atoms with Gasteiger partial charge in [0.2, 0.25) is 5.91 Å². The molecule has 1 saturated heterocycles.